The predicted octanol–water partition coefficient (Wildman–Crippen LogP) is 1.87. The predicted molar refractivity (Wildman–Crippen MR) is 95.1 cm³/mol. The molecule has 3 atom stereocenters. The SMILES string of the molecule is C=CCOC1Cn2cc(Br)c(=O)c(OC)c2C(OC)C1(CC=O)OC. The van der Waals surface area contributed by atoms with Gasteiger partial charge in [-0.1, -0.05) is 6.08 Å². The number of ether oxygens (including phenoxy) is 4. The molecule has 0 fully saturated rings. The van der Waals surface area contributed by atoms with Crippen LogP contribution in [0.3, 0.4) is 0 Å². The highest BCUT2D eigenvalue weighted by molar-refractivity contribution is 9.10. The third-order valence-electron chi connectivity index (χ3n) is 4.47. The van der Waals surface area contributed by atoms with Crippen molar-refractivity contribution in [2.24, 2.45) is 0 Å². The minimum Gasteiger partial charge on any atom is -0.491 e. The number of nitrogens with zero attached hydrogens (tertiary/aromatic N) is 1. The van der Waals surface area contributed by atoms with E-state index >= 15 is 0 Å². The number of aldehydes is 1. The van der Waals surface area contributed by atoms with Crippen LogP contribution in [0.1, 0.15) is 18.2 Å². The van der Waals surface area contributed by atoms with E-state index in [0.717, 1.165) is 6.29 Å². The first-order chi connectivity index (χ1) is 12.0. The van der Waals surface area contributed by atoms with E-state index in [4.69, 9.17) is 18.9 Å². The lowest BCUT2D eigenvalue weighted by atomic mass is 9.81. The van der Waals surface area contributed by atoms with Crippen molar-refractivity contribution in [2.75, 3.05) is 27.9 Å². The number of hydrogen-bond acceptors (Lipinski definition) is 6. The first-order valence-corrected chi connectivity index (χ1v) is 8.50. The van der Waals surface area contributed by atoms with Gasteiger partial charge in [-0.15, -0.1) is 6.58 Å². The smallest absolute Gasteiger partial charge is 0.237 e. The van der Waals surface area contributed by atoms with Gasteiger partial charge in [-0.2, -0.15) is 0 Å². The topological polar surface area (TPSA) is 76.0 Å². The van der Waals surface area contributed by atoms with E-state index in [2.05, 4.69) is 22.5 Å². The lowest BCUT2D eigenvalue weighted by Gasteiger charge is -2.47. The van der Waals surface area contributed by atoms with Crippen LogP contribution in [0.25, 0.3) is 0 Å². The molecule has 0 amide bonds. The second-order valence-corrected chi connectivity index (χ2v) is 6.49. The van der Waals surface area contributed by atoms with Crippen molar-refractivity contribution in [3.63, 3.8) is 0 Å². The summed E-state index contributed by atoms with van der Waals surface area (Å²) in [6.45, 7) is 4.31. The number of hydrogen-bond donors (Lipinski definition) is 0. The summed E-state index contributed by atoms with van der Waals surface area (Å²) in [4.78, 5) is 23.8. The molecule has 1 aromatic rings. The Balaban J connectivity index is 2.72. The fourth-order valence-corrected chi connectivity index (χ4v) is 3.78. The Morgan fingerprint density at radius 1 is 1.44 bits per heavy atom. The Bertz CT molecular complexity index is 703. The normalized spacial score (nSPS) is 25.3. The summed E-state index contributed by atoms with van der Waals surface area (Å²) in [5.74, 6) is 0.149. The van der Waals surface area contributed by atoms with Gasteiger partial charge in [0.25, 0.3) is 0 Å². The molecule has 25 heavy (non-hydrogen) atoms. The Kier molecular flexibility index (Phi) is 6.56. The quantitative estimate of drug-likeness (QED) is 0.476. The van der Waals surface area contributed by atoms with Crippen molar-refractivity contribution >= 4 is 22.2 Å². The number of carbonyl (C=O) groups excluding carboxylic acids is 1. The first-order valence-electron chi connectivity index (χ1n) is 7.71. The number of rotatable bonds is 8. The van der Waals surface area contributed by atoms with E-state index in [-0.39, 0.29) is 17.6 Å². The average Bonchev–Trinajstić information content (AvgIpc) is 2.61. The lowest BCUT2D eigenvalue weighted by Crippen LogP contribution is -2.57. The maximum Gasteiger partial charge on any atom is 0.237 e. The van der Waals surface area contributed by atoms with E-state index in [0.29, 0.717) is 23.3 Å². The maximum absolute atomic E-state index is 12.4. The molecule has 0 saturated heterocycles. The van der Waals surface area contributed by atoms with Crippen LogP contribution in [-0.2, 0) is 25.5 Å². The van der Waals surface area contributed by atoms with Crippen LogP contribution in [0.2, 0.25) is 0 Å². The van der Waals surface area contributed by atoms with Crippen molar-refractivity contribution in [1.82, 2.24) is 4.57 Å². The molecule has 0 aromatic carbocycles. The number of carbonyl (C=O) groups is 1. The van der Waals surface area contributed by atoms with Crippen molar-refractivity contribution in [1.29, 1.82) is 0 Å². The summed E-state index contributed by atoms with van der Waals surface area (Å²) < 4.78 is 24.9. The molecule has 0 spiro atoms. The molecule has 0 saturated carbocycles. The number of methoxy groups -OCH3 is 3. The van der Waals surface area contributed by atoms with Gasteiger partial charge < -0.3 is 28.3 Å². The van der Waals surface area contributed by atoms with Crippen molar-refractivity contribution in [3.8, 4) is 5.75 Å². The average molecular weight is 416 g/mol. The Morgan fingerprint density at radius 3 is 2.68 bits per heavy atom. The van der Waals surface area contributed by atoms with Gasteiger partial charge in [-0.05, 0) is 15.9 Å². The van der Waals surface area contributed by atoms with Crippen molar-refractivity contribution in [2.45, 2.75) is 30.8 Å². The van der Waals surface area contributed by atoms with E-state index < -0.39 is 17.8 Å². The van der Waals surface area contributed by atoms with Crippen LogP contribution < -0.4 is 10.2 Å². The van der Waals surface area contributed by atoms with Gasteiger partial charge in [0.1, 0.15) is 24.1 Å². The van der Waals surface area contributed by atoms with Gasteiger partial charge >= 0.3 is 0 Å². The van der Waals surface area contributed by atoms with Crippen LogP contribution in [-0.4, -0.2) is 50.5 Å². The highest BCUT2D eigenvalue weighted by Crippen LogP contribution is 2.45. The molecule has 2 heterocycles. The van der Waals surface area contributed by atoms with Gasteiger partial charge in [0.15, 0.2) is 5.75 Å². The number of pyridine rings is 1. The summed E-state index contributed by atoms with van der Waals surface area (Å²) in [7, 11) is 4.42. The standard InChI is InChI=1S/C17H22BrNO6/c1-5-8-25-12-10-19-9-11(18)14(21)15(22-2)13(19)16(23-3)17(12,24-4)6-7-20/h5,7,9,12,16H,1,6,8,10H2,2-4H3. The summed E-state index contributed by atoms with van der Waals surface area (Å²) >= 11 is 3.26. The van der Waals surface area contributed by atoms with Crippen molar-refractivity contribution in [3.05, 3.63) is 39.2 Å². The molecule has 3 unspecified atom stereocenters. The molecule has 7 nitrogen and oxygen atoms in total. The zero-order valence-electron chi connectivity index (χ0n) is 14.5. The molecule has 0 aliphatic carbocycles. The molecule has 1 aromatic heterocycles. The third-order valence-corrected chi connectivity index (χ3v) is 5.04. The van der Waals surface area contributed by atoms with Crippen LogP contribution in [0.15, 0.2) is 28.1 Å². The summed E-state index contributed by atoms with van der Waals surface area (Å²) in [6, 6.07) is 0. The van der Waals surface area contributed by atoms with Crippen LogP contribution in [0.4, 0.5) is 0 Å². The molecule has 1 aliphatic rings. The van der Waals surface area contributed by atoms with E-state index in [1.807, 2.05) is 4.57 Å². The highest BCUT2D eigenvalue weighted by atomic mass is 79.9. The fourth-order valence-electron chi connectivity index (χ4n) is 3.35. The number of fused-ring (bicyclic) bond motifs is 1. The highest BCUT2D eigenvalue weighted by Gasteiger charge is 2.53. The zero-order valence-corrected chi connectivity index (χ0v) is 16.1. The van der Waals surface area contributed by atoms with Gasteiger partial charge in [0.05, 0.1) is 30.4 Å². The maximum atomic E-state index is 12.4. The van der Waals surface area contributed by atoms with Gasteiger partial charge in [0.2, 0.25) is 5.43 Å². The Labute approximate surface area is 154 Å². The van der Waals surface area contributed by atoms with E-state index in [1.54, 1.807) is 12.3 Å². The van der Waals surface area contributed by atoms with Gasteiger partial charge in [-0.3, -0.25) is 4.79 Å². The monoisotopic (exact) mass is 415 g/mol. The molecule has 8 heteroatoms. The molecule has 0 N–H and O–H groups in total. The number of aromatic nitrogens is 1. The van der Waals surface area contributed by atoms with Gasteiger partial charge in [-0.25, -0.2) is 0 Å². The molecular formula is C17H22BrNO6. The van der Waals surface area contributed by atoms with Crippen LogP contribution in [0, 0.1) is 0 Å². The third kappa shape index (κ3) is 3.31. The second kappa shape index (κ2) is 8.27. The molecule has 1 aliphatic heterocycles. The molecule has 0 bridgehead atoms. The fraction of sp³-hybridized carbons (Fsp3) is 0.529. The largest absolute Gasteiger partial charge is 0.491 e. The van der Waals surface area contributed by atoms with Crippen LogP contribution in [0.5, 0.6) is 5.75 Å². The molecular weight excluding hydrogens is 394 g/mol. The summed E-state index contributed by atoms with van der Waals surface area (Å²) in [6.07, 6.45) is 2.87. The summed E-state index contributed by atoms with van der Waals surface area (Å²) in [5, 5.41) is 0. The second-order valence-electron chi connectivity index (χ2n) is 5.63. The zero-order chi connectivity index (χ0) is 18.6. The van der Waals surface area contributed by atoms with Gasteiger partial charge in [0, 0.05) is 26.8 Å². The molecule has 2 rings (SSSR count). The lowest BCUT2D eigenvalue weighted by molar-refractivity contribution is -0.208. The first kappa shape index (κ1) is 19.8. The number of halogens is 1. The van der Waals surface area contributed by atoms with E-state index in [9.17, 15) is 9.59 Å². The summed E-state index contributed by atoms with van der Waals surface area (Å²) in [5.41, 5.74) is -0.870. The molecule has 0 radical (unpaired) electrons. The molecule has 138 valence electrons. The van der Waals surface area contributed by atoms with E-state index in [1.165, 1.54) is 21.3 Å². The minimum absolute atomic E-state index is 0.0389. The minimum atomic E-state index is -1.09. The Morgan fingerprint density at radius 2 is 2.16 bits per heavy atom. The van der Waals surface area contributed by atoms with Crippen LogP contribution >= 0.6 is 15.9 Å². The van der Waals surface area contributed by atoms with Crippen molar-refractivity contribution < 1.29 is 23.7 Å². The Hall–Kier alpha value is -1.48.